The summed E-state index contributed by atoms with van der Waals surface area (Å²) < 4.78 is 18.7. The van der Waals surface area contributed by atoms with Crippen molar-refractivity contribution < 1.29 is 14.2 Å². The SMILES string of the molecule is COc1cc2c(cc1OC)CN(CCc1ccc(-n3cc(COc4ccc(C(C)C)cc4)nn3)cc1)CC2. The number of benzene rings is 3. The molecule has 0 amide bonds. The van der Waals surface area contributed by atoms with E-state index in [1.54, 1.807) is 18.9 Å². The average molecular weight is 513 g/mol. The molecule has 5 rings (SSSR count). The van der Waals surface area contributed by atoms with E-state index in [4.69, 9.17) is 14.2 Å². The number of methoxy groups -OCH3 is 2. The minimum absolute atomic E-state index is 0.386. The molecule has 0 fully saturated rings. The summed E-state index contributed by atoms with van der Waals surface area (Å²) >= 11 is 0. The van der Waals surface area contributed by atoms with Crippen LogP contribution in [0.15, 0.2) is 66.9 Å². The van der Waals surface area contributed by atoms with Crippen LogP contribution in [-0.4, -0.2) is 47.2 Å². The van der Waals surface area contributed by atoms with Gasteiger partial charge in [0.1, 0.15) is 18.1 Å². The highest BCUT2D eigenvalue weighted by molar-refractivity contribution is 5.48. The van der Waals surface area contributed by atoms with Crippen LogP contribution < -0.4 is 14.2 Å². The molecule has 0 bridgehead atoms. The summed E-state index contributed by atoms with van der Waals surface area (Å²) in [5.74, 6) is 2.95. The number of hydrogen-bond acceptors (Lipinski definition) is 6. The zero-order valence-corrected chi connectivity index (χ0v) is 22.7. The molecule has 198 valence electrons. The molecule has 1 aliphatic rings. The van der Waals surface area contributed by atoms with Crippen molar-refractivity contribution in [2.24, 2.45) is 0 Å². The summed E-state index contributed by atoms with van der Waals surface area (Å²) in [7, 11) is 3.38. The predicted molar refractivity (Wildman–Crippen MR) is 148 cm³/mol. The first-order valence-electron chi connectivity index (χ1n) is 13.2. The van der Waals surface area contributed by atoms with Gasteiger partial charge in [0.2, 0.25) is 0 Å². The Morgan fingerprint density at radius 1 is 0.895 bits per heavy atom. The second-order valence-corrected chi connectivity index (χ2v) is 10.1. The Balaban J connectivity index is 1.13. The highest BCUT2D eigenvalue weighted by atomic mass is 16.5. The molecule has 0 radical (unpaired) electrons. The minimum atomic E-state index is 0.386. The maximum Gasteiger partial charge on any atom is 0.161 e. The Labute approximate surface area is 225 Å². The first kappa shape index (κ1) is 25.8. The van der Waals surface area contributed by atoms with Crippen LogP contribution in [0, 0.1) is 0 Å². The summed E-state index contributed by atoms with van der Waals surface area (Å²) in [6.45, 7) is 7.74. The van der Waals surface area contributed by atoms with Crippen LogP contribution in [0.4, 0.5) is 0 Å². The fourth-order valence-corrected chi connectivity index (χ4v) is 4.83. The van der Waals surface area contributed by atoms with E-state index < -0.39 is 0 Å². The highest BCUT2D eigenvalue weighted by Gasteiger charge is 2.19. The summed E-state index contributed by atoms with van der Waals surface area (Å²) in [6.07, 6.45) is 3.94. The molecule has 0 atom stereocenters. The number of rotatable bonds is 10. The highest BCUT2D eigenvalue weighted by Crippen LogP contribution is 2.33. The van der Waals surface area contributed by atoms with Crippen molar-refractivity contribution in [3.05, 3.63) is 94.8 Å². The Morgan fingerprint density at radius 3 is 2.29 bits per heavy atom. The topological polar surface area (TPSA) is 61.6 Å². The summed E-state index contributed by atoms with van der Waals surface area (Å²) in [5, 5.41) is 8.57. The molecule has 0 saturated carbocycles. The van der Waals surface area contributed by atoms with Crippen molar-refractivity contribution in [2.75, 3.05) is 27.3 Å². The lowest BCUT2D eigenvalue weighted by atomic mass is 9.98. The number of ether oxygens (including phenoxy) is 3. The summed E-state index contributed by atoms with van der Waals surface area (Å²) in [5.41, 5.74) is 7.06. The van der Waals surface area contributed by atoms with Crippen molar-refractivity contribution in [3.63, 3.8) is 0 Å². The van der Waals surface area contributed by atoms with Crippen molar-refractivity contribution in [2.45, 2.75) is 45.8 Å². The standard InChI is InChI=1S/C31H36N4O3/c1-22(2)24-7-11-29(12-8-24)38-21-27-20-35(33-32-27)28-9-5-23(6-10-28)13-15-34-16-14-25-17-30(36-3)31(37-4)18-26(25)19-34/h5-12,17-18,20,22H,13-16,19,21H2,1-4H3. The zero-order chi connectivity index (χ0) is 26.5. The lowest BCUT2D eigenvalue weighted by molar-refractivity contribution is 0.255. The molecular formula is C31H36N4O3. The van der Waals surface area contributed by atoms with Gasteiger partial charge in [-0.05, 0) is 77.4 Å². The van der Waals surface area contributed by atoms with Gasteiger partial charge in [0.25, 0.3) is 0 Å². The minimum Gasteiger partial charge on any atom is -0.493 e. The van der Waals surface area contributed by atoms with Crippen molar-refractivity contribution in [3.8, 4) is 22.9 Å². The van der Waals surface area contributed by atoms with Gasteiger partial charge in [-0.25, -0.2) is 4.68 Å². The third-order valence-corrected chi connectivity index (χ3v) is 7.19. The molecule has 38 heavy (non-hydrogen) atoms. The predicted octanol–water partition coefficient (Wildman–Crippen LogP) is 5.59. The van der Waals surface area contributed by atoms with E-state index in [1.807, 2.05) is 18.3 Å². The number of hydrogen-bond donors (Lipinski definition) is 0. The van der Waals surface area contributed by atoms with Crippen molar-refractivity contribution >= 4 is 0 Å². The third kappa shape index (κ3) is 6.00. The fraction of sp³-hybridized carbons (Fsp3) is 0.355. The van der Waals surface area contributed by atoms with Gasteiger partial charge in [0.05, 0.1) is 26.1 Å². The molecular weight excluding hydrogens is 476 g/mol. The Morgan fingerprint density at radius 2 is 1.61 bits per heavy atom. The normalized spacial score (nSPS) is 13.4. The molecule has 0 aliphatic carbocycles. The zero-order valence-electron chi connectivity index (χ0n) is 22.7. The van der Waals surface area contributed by atoms with E-state index in [2.05, 4.69) is 77.6 Å². The molecule has 0 N–H and O–H groups in total. The van der Waals surface area contributed by atoms with Gasteiger partial charge in [0, 0.05) is 19.6 Å². The third-order valence-electron chi connectivity index (χ3n) is 7.19. The molecule has 0 saturated heterocycles. The van der Waals surface area contributed by atoms with Crippen LogP contribution in [0.25, 0.3) is 5.69 Å². The van der Waals surface area contributed by atoms with Crippen LogP contribution in [-0.2, 0) is 26.0 Å². The van der Waals surface area contributed by atoms with Crippen LogP contribution in [0.5, 0.6) is 17.2 Å². The van der Waals surface area contributed by atoms with E-state index in [-0.39, 0.29) is 0 Å². The molecule has 1 aliphatic heterocycles. The molecule has 1 aromatic heterocycles. The average Bonchev–Trinajstić information content (AvgIpc) is 3.43. The van der Waals surface area contributed by atoms with E-state index in [1.165, 1.54) is 22.3 Å². The number of fused-ring (bicyclic) bond motifs is 1. The second-order valence-electron chi connectivity index (χ2n) is 10.1. The fourth-order valence-electron chi connectivity index (χ4n) is 4.83. The van der Waals surface area contributed by atoms with Gasteiger partial charge >= 0.3 is 0 Å². The maximum absolute atomic E-state index is 5.90. The van der Waals surface area contributed by atoms with E-state index in [0.717, 1.165) is 61.1 Å². The van der Waals surface area contributed by atoms with Crippen LogP contribution in [0.1, 0.15) is 47.7 Å². The first-order chi connectivity index (χ1) is 18.5. The molecule has 0 spiro atoms. The van der Waals surface area contributed by atoms with Gasteiger partial charge in [-0.2, -0.15) is 0 Å². The summed E-state index contributed by atoms with van der Waals surface area (Å²) in [4.78, 5) is 2.50. The Kier molecular flexibility index (Phi) is 7.94. The van der Waals surface area contributed by atoms with Gasteiger partial charge < -0.3 is 14.2 Å². The lowest BCUT2D eigenvalue weighted by Crippen LogP contribution is -2.32. The van der Waals surface area contributed by atoms with Crippen LogP contribution in [0.3, 0.4) is 0 Å². The van der Waals surface area contributed by atoms with E-state index in [0.29, 0.717) is 12.5 Å². The van der Waals surface area contributed by atoms with Crippen LogP contribution >= 0.6 is 0 Å². The van der Waals surface area contributed by atoms with Crippen molar-refractivity contribution in [1.82, 2.24) is 19.9 Å². The van der Waals surface area contributed by atoms with Gasteiger partial charge in [-0.3, -0.25) is 4.90 Å². The monoisotopic (exact) mass is 512 g/mol. The van der Waals surface area contributed by atoms with Crippen LogP contribution in [0.2, 0.25) is 0 Å². The summed E-state index contributed by atoms with van der Waals surface area (Å²) in [6, 6.07) is 21.0. The quantitative estimate of drug-likeness (QED) is 0.276. The maximum atomic E-state index is 5.90. The molecule has 7 nitrogen and oxygen atoms in total. The molecule has 7 heteroatoms. The number of aromatic nitrogens is 3. The van der Waals surface area contributed by atoms with Gasteiger partial charge in [-0.15, -0.1) is 5.10 Å². The molecule has 2 heterocycles. The van der Waals surface area contributed by atoms with Crippen molar-refractivity contribution in [1.29, 1.82) is 0 Å². The largest absolute Gasteiger partial charge is 0.493 e. The molecule has 4 aromatic rings. The number of nitrogens with zero attached hydrogens (tertiary/aromatic N) is 4. The molecule has 3 aromatic carbocycles. The molecule has 0 unspecified atom stereocenters. The van der Waals surface area contributed by atoms with E-state index >= 15 is 0 Å². The first-order valence-corrected chi connectivity index (χ1v) is 13.2. The van der Waals surface area contributed by atoms with Gasteiger partial charge in [-0.1, -0.05) is 43.3 Å². The Bertz CT molecular complexity index is 1350. The lowest BCUT2D eigenvalue weighted by Gasteiger charge is -2.29. The smallest absolute Gasteiger partial charge is 0.161 e. The van der Waals surface area contributed by atoms with E-state index in [9.17, 15) is 0 Å². The second kappa shape index (κ2) is 11.7. The van der Waals surface area contributed by atoms with Gasteiger partial charge in [0.15, 0.2) is 11.5 Å². The Hall–Kier alpha value is -3.84.